The Bertz CT molecular complexity index is 313. The molecule has 14 heavy (non-hydrogen) atoms. The number of hydrogen-bond acceptors (Lipinski definition) is 3. The molecule has 1 heterocycles. The third-order valence-corrected chi connectivity index (χ3v) is 4.03. The maximum atomic E-state index is 10.2. The van der Waals surface area contributed by atoms with Crippen LogP contribution >= 0.6 is 11.3 Å². The molecule has 0 saturated heterocycles. The van der Waals surface area contributed by atoms with Crippen molar-refractivity contribution in [2.75, 3.05) is 0 Å². The third-order valence-electron chi connectivity index (χ3n) is 3.17. The van der Waals surface area contributed by atoms with Crippen LogP contribution in [0.1, 0.15) is 42.2 Å². The molecule has 2 rings (SSSR count). The summed E-state index contributed by atoms with van der Waals surface area (Å²) in [4.78, 5) is 1.11. The van der Waals surface area contributed by atoms with E-state index in [1.807, 2.05) is 18.4 Å². The third kappa shape index (κ3) is 1.60. The van der Waals surface area contributed by atoms with Crippen LogP contribution in [-0.2, 0) is 0 Å². The van der Waals surface area contributed by atoms with Gasteiger partial charge in [-0.1, -0.05) is 12.8 Å². The van der Waals surface area contributed by atoms with Crippen molar-refractivity contribution in [1.29, 1.82) is 0 Å². The van der Waals surface area contributed by atoms with Crippen LogP contribution in [0.5, 0.6) is 0 Å². The van der Waals surface area contributed by atoms with Gasteiger partial charge in [-0.25, -0.2) is 0 Å². The molecule has 0 bridgehead atoms. The van der Waals surface area contributed by atoms with Crippen LogP contribution in [0.15, 0.2) is 11.4 Å². The zero-order valence-electron chi connectivity index (χ0n) is 8.36. The fraction of sp³-hybridized carbons (Fsp3) is 0.636. The molecule has 0 spiro atoms. The highest BCUT2D eigenvalue weighted by Gasteiger charge is 2.39. The van der Waals surface area contributed by atoms with E-state index in [0.29, 0.717) is 0 Å². The first-order valence-corrected chi connectivity index (χ1v) is 5.96. The summed E-state index contributed by atoms with van der Waals surface area (Å²) in [6.07, 6.45) is 2.80. The van der Waals surface area contributed by atoms with Gasteiger partial charge in [0, 0.05) is 4.88 Å². The van der Waals surface area contributed by atoms with Crippen LogP contribution in [0.2, 0.25) is 0 Å². The zero-order chi connectivity index (χ0) is 10.2. The van der Waals surface area contributed by atoms with Crippen molar-refractivity contribution in [3.8, 4) is 0 Å². The van der Waals surface area contributed by atoms with Gasteiger partial charge in [0.05, 0.1) is 5.60 Å². The number of aryl methyl sites for hydroxylation is 1. The van der Waals surface area contributed by atoms with Crippen molar-refractivity contribution >= 4 is 11.3 Å². The molecule has 1 aliphatic carbocycles. The van der Waals surface area contributed by atoms with Crippen LogP contribution in [-0.4, -0.2) is 15.8 Å². The Balaban J connectivity index is 2.23. The van der Waals surface area contributed by atoms with E-state index >= 15 is 0 Å². The Kier molecular flexibility index (Phi) is 2.64. The summed E-state index contributed by atoms with van der Waals surface area (Å²) in [5, 5.41) is 22.3. The number of rotatable bonds is 2. The minimum Gasteiger partial charge on any atom is -0.387 e. The molecule has 1 unspecified atom stereocenters. The fourth-order valence-corrected chi connectivity index (χ4v) is 2.96. The lowest BCUT2D eigenvalue weighted by molar-refractivity contribution is -0.0719. The molecule has 2 nitrogen and oxygen atoms in total. The highest BCUT2D eigenvalue weighted by molar-refractivity contribution is 7.10. The van der Waals surface area contributed by atoms with Gasteiger partial charge in [0.25, 0.3) is 0 Å². The Morgan fingerprint density at radius 3 is 2.57 bits per heavy atom. The van der Waals surface area contributed by atoms with E-state index in [1.165, 1.54) is 0 Å². The topological polar surface area (TPSA) is 40.5 Å². The number of aliphatic hydroxyl groups is 2. The number of thiophene rings is 1. The monoisotopic (exact) mass is 212 g/mol. The summed E-state index contributed by atoms with van der Waals surface area (Å²) >= 11 is 1.62. The molecule has 0 radical (unpaired) electrons. The van der Waals surface area contributed by atoms with E-state index in [0.717, 1.165) is 36.1 Å². The van der Waals surface area contributed by atoms with Crippen LogP contribution < -0.4 is 0 Å². The predicted molar refractivity (Wildman–Crippen MR) is 57.4 cm³/mol. The van der Waals surface area contributed by atoms with Crippen molar-refractivity contribution in [2.45, 2.75) is 44.3 Å². The van der Waals surface area contributed by atoms with Crippen molar-refractivity contribution in [3.05, 3.63) is 21.9 Å². The molecule has 78 valence electrons. The summed E-state index contributed by atoms with van der Waals surface area (Å²) < 4.78 is 0. The first-order valence-electron chi connectivity index (χ1n) is 5.08. The van der Waals surface area contributed by atoms with E-state index in [2.05, 4.69) is 0 Å². The maximum Gasteiger partial charge on any atom is 0.109 e. The molecule has 1 atom stereocenters. The summed E-state index contributed by atoms with van der Waals surface area (Å²) in [6, 6.07) is 1.92. The van der Waals surface area contributed by atoms with Gasteiger partial charge in [-0.05, 0) is 36.8 Å². The lowest BCUT2D eigenvalue weighted by atomic mass is 9.90. The summed E-state index contributed by atoms with van der Waals surface area (Å²) in [7, 11) is 0. The molecule has 2 N–H and O–H groups in total. The first kappa shape index (κ1) is 10.1. The van der Waals surface area contributed by atoms with Crippen molar-refractivity contribution in [3.63, 3.8) is 0 Å². The van der Waals surface area contributed by atoms with Crippen LogP contribution in [0.4, 0.5) is 0 Å². The van der Waals surface area contributed by atoms with Gasteiger partial charge in [-0.15, -0.1) is 11.3 Å². The standard InChI is InChI=1S/C11H16O2S/c1-8-9(4-7-14-8)10(12)11(13)5-2-3-6-11/h4,7,10,12-13H,2-3,5-6H2,1H3. The van der Waals surface area contributed by atoms with Gasteiger partial charge in [-0.2, -0.15) is 0 Å². The maximum absolute atomic E-state index is 10.2. The summed E-state index contributed by atoms with van der Waals surface area (Å²) in [5.74, 6) is 0. The summed E-state index contributed by atoms with van der Waals surface area (Å²) in [5.41, 5.74) is 0.0330. The molecule has 0 amide bonds. The van der Waals surface area contributed by atoms with Crippen molar-refractivity contribution in [2.24, 2.45) is 0 Å². The minimum atomic E-state index is -0.869. The van der Waals surface area contributed by atoms with Gasteiger partial charge in [0.2, 0.25) is 0 Å². The molecular formula is C11H16O2S. The normalized spacial score (nSPS) is 22.5. The van der Waals surface area contributed by atoms with Gasteiger partial charge in [-0.3, -0.25) is 0 Å². The highest BCUT2D eigenvalue weighted by atomic mass is 32.1. The Morgan fingerprint density at radius 2 is 2.07 bits per heavy atom. The van der Waals surface area contributed by atoms with Gasteiger partial charge in [0.1, 0.15) is 6.10 Å². The Labute approximate surface area is 88.2 Å². The second kappa shape index (κ2) is 3.65. The lowest BCUT2D eigenvalue weighted by Crippen LogP contribution is -2.32. The molecule has 1 aromatic heterocycles. The Hall–Kier alpha value is -0.380. The highest BCUT2D eigenvalue weighted by Crippen LogP contribution is 2.41. The van der Waals surface area contributed by atoms with Crippen molar-refractivity contribution < 1.29 is 10.2 Å². The first-order chi connectivity index (χ1) is 6.63. The predicted octanol–water partition coefficient (Wildman–Crippen LogP) is 2.40. The van der Waals surface area contributed by atoms with Gasteiger partial charge < -0.3 is 10.2 Å². The molecule has 1 aromatic rings. The van der Waals surface area contributed by atoms with Crippen LogP contribution in [0.3, 0.4) is 0 Å². The number of aliphatic hydroxyl groups excluding tert-OH is 1. The lowest BCUT2D eigenvalue weighted by Gasteiger charge is -2.28. The molecule has 0 aromatic carbocycles. The SMILES string of the molecule is Cc1sccc1C(O)C1(O)CCCC1. The second-order valence-electron chi connectivity index (χ2n) is 4.15. The number of hydrogen-bond donors (Lipinski definition) is 2. The van der Waals surface area contributed by atoms with E-state index in [1.54, 1.807) is 11.3 Å². The zero-order valence-corrected chi connectivity index (χ0v) is 9.18. The average molecular weight is 212 g/mol. The average Bonchev–Trinajstić information content (AvgIpc) is 2.74. The van der Waals surface area contributed by atoms with E-state index in [-0.39, 0.29) is 0 Å². The van der Waals surface area contributed by atoms with Gasteiger partial charge >= 0.3 is 0 Å². The second-order valence-corrected chi connectivity index (χ2v) is 5.27. The van der Waals surface area contributed by atoms with Crippen molar-refractivity contribution in [1.82, 2.24) is 0 Å². The summed E-state index contributed by atoms with van der Waals surface area (Å²) in [6.45, 7) is 1.99. The molecule has 1 fully saturated rings. The van der Waals surface area contributed by atoms with Crippen LogP contribution in [0, 0.1) is 6.92 Å². The molecule has 1 saturated carbocycles. The largest absolute Gasteiger partial charge is 0.387 e. The minimum absolute atomic E-state index is 0.698. The molecule has 0 aliphatic heterocycles. The smallest absolute Gasteiger partial charge is 0.109 e. The fourth-order valence-electron chi connectivity index (χ4n) is 2.23. The molecular weight excluding hydrogens is 196 g/mol. The van der Waals surface area contributed by atoms with E-state index < -0.39 is 11.7 Å². The molecule has 1 aliphatic rings. The van der Waals surface area contributed by atoms with E-state index in [4.69, 9.17) is 0 Å². The van der Waals surface area contributed by atoms with Gasteiger partial charge in [0.15, 0.2) is 0 Å². The Morgan fingerprint density at radius 1 is 1.43 bits per heavy atom. The quantitative estimate of drug-likeness (QED) is 0.790. The molecule has 3 heteroatoms. The van der Waals surface area contributed by atoms with E-state index in [9.17, 15) is 10.2 Å². The van der Waals surface area contributed by atoms with Crippen LogP contribution in [0.25, 0.3) is 0 Å².